The number of sulfone groups is 1. The van der Waals surface area contributed by atoms with Gasteiger partial charge >= 0.3 is 0 Å². The Kier molecular flexibility index (Phi) is 3.48. The van der Waals surface area contributed by atoms with E-state index in [0.717, 1.165) is 0 Å². The topological polar surface area (TPSA) is 74.6 Å². The average molecular weight is 292 g/mol. The highest BCUT2D eigenvalue weighted by Crippen LogP contribution is 2.36. The van der Waals surface area contributed by atoms with E-state index in [-0.39, 0.29) is 26.9 Å². The number of phenolic OH excluding ortho intramolecular Hbond substituents is 2. The Bertz CT molecular complexity index is 756. The van der Waals surface area contributed by atoms with Crippen LogP contribution in [0.3, 0.4) is 0 Å². The Morgan fingerprint density at radius 1 is 0.800 bits per heavy atom. The number of aromatic hydroxyl groups is 2. The van der Waals surface area contributed by atoms with Gasteiger partial charge in [0.15, 0.2) is 0 Å². The zero-order chi connectivity index (χ0) is 15.1. The first-order chi connectivity index (χ1) is 9.26. The first-order valence-corrected chi connectivity index (χ1v) is 7.58. The normalized spacial score (nSPS) is 11.6. The van der Waals surface area contributed by atoms with E-state index in [0.29, 0.717) is 11.1 Å². The predicted octanol–water partition coefficient (Wildman–Crippen LogP) is 2.86. The van der Waals surface area contributed by atoms with Crippen molar-refractivity contribution < 1.29 is 18.6 Å². The predicted molar refractivity (Wildman–Crippen MR) is 75.9 cm³/mol. The van der Waals surface area contributed by atoms with Gasteiger partial charge < -0.3 is 10.2 Å². The van der Waals surface area contributed by atoms with E-state index in [9.17, 15) is 18.6 Å². The van der Waals surface area contributed by atoms with Gasteiger partial charge in [-0.15, -0.1) is 0 Å². The van der Waals surface area contributed by atoms with Crippen molar-refractivity contribution in [2.24, 2.45) is 0 Å². The summed E-state index contributed by atoms with van der Waals surface area (Å²) in [4.78, 5) is -0.0705. The highest BCUT2D eigenvalue weighted by atomic mass is 32.2. The molecule has 2 aromatic rings. The summed E-state index contributed by atoms with van der Waals surface area (Å²) in [5, 5.41) is 19.6. The summed E-state index contributed by atoms with van der Waals surface area (Å²) in [5.41, 5.74) is 1.28. The van der Waals surface area contributed by atoms with Crippen molar-refractivity contribution in [3.8, 4) is 11.5 Å². The van der Waals surface area contributed by atoms with Crippen molar-refractivity contribution in [3.63, 3.8) is 0 Å². The average Bonchev–Trinajstić information content (AvgIpc) is 2.33. The minimum atomic E-state index is -3.89. The minimum Gasteiger partial charge on any atom is -0.508 e. The quantitative estimate of drug-likeness (QED) is 0.892. The zero-order valence-corrected chi connectivity index (χ0v) is 12.3. The molecule has 2 aromatic carbocycles. The van der Waals surface area contributed by atoms with Crippen molar-refractivity contribution in [2.45, 2.75) is 30.6 Å². The molecule has 0 spiro atoms. The van der Waals surface area contributed by atoms with Crippen molar-refractivity contribution in [2.75, 3.05) is 0 Å². The molecule has 0 radical (unpaired) electrons. The van der Waals surface area contributed by atoms with Crippen LogP contribution in [0.4, 0.5) is 0 Å². The summed E-state index contributed by atoms with van der Waals surface area (Å²) in [6, 6.07) is 7.56. The van der Waals surface area contributed by atoms with Gasteiger partial charge in [-0.25, -0.2) is 8.42 Å². The molecule has 0 heterocycles. The monoisotopic (exact) mass is 292 g/mol. The van der Waals surface area contributed by atoms with Gasteiger partial charge in [-0.1, -0.05) is 18.2 Å². The molecule has 0 atom stereocenters. The molecule has 2 N–H and O–H groups in total. The standard InChI is InChI=1S/C15H16O4S/c1-9-5-4-6-13(17)15(9)20(18,19)14-10(2)7-8-12(16)11(14)3/h4-8,16-17H,1-3H3. The molecular weight excluding hydrogens is 276 g/mol. The van der Waals surface area contributed by atoms with Crippen molar-refractivity contribution in [1.82, 2.24) is 0 Å². The Labute approximate surface area is 118 Å². The molecule has 2 rings (SSSR count). The summed E-state index contributed by atoms with van der Waals surface area (Å²) in [6.07, 6.45) is 0. The van der Waals surface area contributed by atoms with Crippen LogP contribution < -0.4 is 0 Å². The maximum absolute atomic E-state index is 12.8. The number of hydrogen-bond acceptors (Lipinski definition) is 4. The molecule has 0 saturated heterocycles. The molecule has 106 valence electrons. The number of hydrogen-bond donors (Lipinski definition) is 2. The molecule has 0 aliphatic rings. The Morgan fingerprint density at radius 3 is 2.00 bits per heavy atom. The van der Waals surface area contributed by atoms with Gasteiger partial charge in [0.2, 0.25) is 9.84 Å². The summed E-state index contributed by atoms with van der Waals surface area (Å²) < 4.78 is 25.6. The van der Waals surface area contributed by atoms with Crippen LogP contribution in [0.1, 0.15) is 16.7 Å². The number of aryl methyl sites for hydroxylation is 2. The van der Waals surface area contributed by atoms with Crippen molar-refractivity contribution >= 4 is 9.84 Å². The van der Waals surface area contributed by atoms with Gasteiger partial charge in [-0.2, -0.15) is 0 Å². The number of phenols is 2. The van der Waals surface area contributed by atoms with Crippen LogP contribution in [0.25, 0.3) is 0 Å². The lowest BCUT2D eigenvalue weighted by Crippen LogP contribution is -2.08. The van der Waals surface area contributed by atoms with Crippen LogP contribution >= 0.6 is 0 Å². The third kappa shape index (κ3) is 2.14. The van der Waals surface area contributed by atoms with Crippen LogP contribution in [-0.2, 0) is 9.84 Å². The fraction of sp³-hybridized carbons (Fsp3) is 0.200. The Balaban J connectivity index is 2.85. The van der Waals surface area contributed by atoms with E-state index in [4.69, 9.17) is 0 Å². The summed E-state index contributed by atoms with van der Waals surface area (Å²) in [7, 11) is -3.89. The summed E-state index contributed by atoms with van der Waals surface area (Å²) in [6.45, 7) is 4.83. The van der Waals surface area contributed by atoms with Crippen molar-refractivity contribution in [3.05, 3.63) is 47.0 Å². The molecule has 0 bridgehead atoms. The third-order valence-electron chi connectivity index (χ3n) is 3.30. The van der Waals surface area contributed by atoms with Gasteiger partial charge in [-0.05, 0) is 44.0 Å². The SMILES string of the molecule is Cc1cccc(O)c1S(=O)(=O)c1c(C)ccc(O)c1C. The first kappa shape index (κ1) is 14.4. The van der Waals surface area contributed by atoms with Gasteiger partial charge in [0, 0.05) is 5.56 Å². The van der Waals surface area contributed by atoms with Crippen LogP contribution in [-0.4, -0.2) is 18.6 Å². The smallest absolute Gasteiger partial charge is 0.211 e. The van der Waals surface area contributed by atoms with Crippen LogP contribution in [0.15, 0.2) is 40.1 Å². The Hall–Kier alpha value is -2.01. The van der Waals surface area contributed by atoms with E-state index in [1.807, 2.05) is 0 Å². The first-order valence-electron chi connectivity index (χ1n) is 6.09. The van der Waals surface area contributed by atoms with E-state index in [2.05, 4.69) is 0 Å². The third-order valence-corrected chi connectivity index (χ3v) is 5.54. The number of benzene rings is 2. The van der Waals surface area contributed by atoms with E-state index >= 15 is 0 Å². The molecular formula is C15H16O4S. The van der Waals surface area contributed by atoms with Crippen LogP contribution in [0, 0.1) is 20.8 Å². The lowest BCUT2D eigenvalue weighted by atomic mass is 10.1. The molecule has 0 unspecified atom stereocenters. The van der Waals surface area contributed by atoms with Crippen LogP contribution in [0.2, 0.25) is 0 Å². The highest BCUT2D eigenvalue weighted by molar-refractivity contribution is 7.91. The van der Waals surface area contributed by atoms with Crippen molar-refractivity contribution in [1.29, 1.82) is 0 Å². The maximum Gasteiger partial charge on any atom is 0.211 e. The molecule has 4 nitrogen and oxygen atoms in total. The molecule has 0 aromatic heterocycles. The fourth-order valence-electron chi connectivity index (χ4n) is 2.32. The largest absolute Gasteiger partial charge is 0.508 e. The molecule has 0 fully saturated rings. The Morgan fingerprint density at radius 2 is 1.40 bits per heavy atom. The van der Waals surface area contributed by atoms with E-state index < -0.39 is 9.84 Å². The number of rotatable bonds is 2. The van der Waals surface area contributed by atoms with Gasteiger partial charge in [-0.3, -0.25) is 0 Å². The molecule has 5 heteroatoms. The van der Waals surface area contributed by atoms with E-state index in [1.54, 1.807) is 39.0 Å². The summed E-state index contributed by atoms with van der Waals surface area (Å²) in [5.74, 6) is -0.366. The fourth-order valence-corrected chi connectivity index (χ4v) is 4.36. The molecule has 0 amide bonds. The molecule has 0 aliphatic heterocycles. The molecule has 20 heavy (non-hydrogen) atoms. The lowest BCUT2D eigenvalue weighted by molar-refractivity contribution is 0.456. The molecule has 0 aliphatic carbocycles. The summed E-state index contributed by atoms with van der Waals surface area (Å²) >= 11 is 0. The van der Waals surface area contributed by atoms with Gasteiger partial charge in [0.25, 0.3) is 0 Å². The van der Waals surface area contributed by atoms with E-state index in [1.165, 1.54) is 12.1 Å². The second-order valence-electron chi connectivity index (χ2n) is 4.78. The second-order valence-corrected chi connectivity index (χ2v) is 6.61. The zero-order valence-electron chi connectivity index (χ0n) is 11.5. The van der Waals surface area contributed by atoms with Crippen LogP contribution in [0.5, 0.6) is 11.5 Å². The molecule has 0 saturated carbocycles. The second kappa shape index (κ2) is 4.83. The van der Waals surface area contributed by atoms with Gasteiger partial charge in [0.1, 0.15) is 16.4 Å². The highest BCUT2D eigenvalue weighted by Gasteiger charge is 2.27. The maximum atomic E-state index is 12.8. The minimum absolute atomic E-state index is 0.0436. The lowest BCUT2D eigenvalue weighted by Gasteiger charge is -2.14. The van der Waals surface area contributed by atoms with Gasteiger partial charge in [0.05, 0.1) is 4.90 Å².